The highest BCUT2D eigenvalue weighted by atomic mass is 16.2. The lowest BCUT2D eigenvalue weighted by molar-refractivity contribution is -0.139. The smallest absolute Gasteiger partial charge is 0.295 e. The highest BCUT2D eigenvalue weighted by Gasteiger charge is 2.55. The summed E-state index contributed by atoms with van der Waals surface area (Å²) in [6.07, 6.45) is 3.17. The largest absolute Gasteiger partial charge is 0.358 e. The molecule has 31 heavy (non-hydrogen) atoms. The molecule has 1 saturated carbocycles. The van der Waals surface area contributed by atoms with Crippen molar-refractivity contribution in [2.24, 2.45) is 11.8 Å². The summed E-state index contributed by atoms with van der Waals surface area (Å²) >= 11 is 0. The minimum Gasteiger partial charge on any atom is -0.358 e. The lowest BCUT2D eigenvalue weighted by atomic mass is 9.86. The van der Waals surface area contributed by atoms with E-state index in [0.29, 0.717) is 5.69 Å². The zero-order valence-corrected chi connectivity index (χ0v) is 16.9. The van der Waals surface area contributed by atoms with Crippen molar-refractivity contribution in [1.82, 2.24) is 15.0 Å². The van der Waals surface area contributed by atoms with Crippen molar-refractivity contribution in [2.45, 2.75) is 25.8 Å². The summed E-state index contributed by atoms with van der Waals surface area (Å²) in [5.41, 5.74) is 4.73. The van der Waals surface area contributed by atoms with E-state index in [1.165, 1.54) is 4.90 Å². The number of hydrogen-bond donors (Lipinski definition) is 2. The molecular formula is C24H20N4O3. The van der Waals surface area contributed by atoms with Gasteiger partial charge in [0.25, 0.3) is 5.91 Å². The maximum absolute atomic E-state index is 13.3. The Bertz CT molecular complexity index is 1390. The molecular weight excluding hydrogens is 392 g/mol. The van der Waals surface area contributed by atoms with Gasteiger partial charge in [0.05, 0.1) is 23.4 Å². The predicted molar refractivity (Wildman–Crippen MR) is 116 cm³/mol. The monoisotopic (exact) mass is 412 g/mol. The third-order valence-electron chi connectivity index (χ3n) is 6.51. The van der Waals surface area contributed by atoms with Crippen LogP contribution in [0.3, 0.4) is 0 Å². The fraction of sp³-hybridized carbons (Fsp3) is 0.250. The van der Waals surface area contributed by atoms with Crippen LogP contribution >= 0.6 is 0 Å². The number of rotatable bonds is 4. The Morgan fingerprint density at radius 3 is 2.71 bits per heavy atom. The van der Waals surface area contributed by atoms with Gasteiger partial charge in [-0.1, -0.05) is 18.2 Å². The maximum atomic E-state index is 13.3. The molecule has 2 aliphatic rings. The Hall–Kier alpha value is -3.74. The van der Waals surface area contributed by atoms with Gasteiger partial charge in [0.15, 0.2) is 0 Å². The van der Waals surface area contributed by atoms with E-state index in [2.05, 4.69) is 15.0 Å². The van der Waals surface area contributed by atoms with Crippen molar-refractivity contribution in [1.29, 1.82) is 0 Å². The number of amides is 1. The molecule has 0 bridgehead atoms. The first-order valence-corrected chi connectivity index (χ1v) is 10.5. The standard InChI is InChI=1S/C24H20N4O3/c1-12-19(15-4-2-3-5-16(15)27-12)21-20(22(29)13-6-7-13)23(30)24(31)28(21)14-8-9-17-18(10-14)26-11-25-17/h2-5,8-11,13,20-21,27H,6-7H2,1H3,(H,25,26). The van der Waals surface area contributed by atoms with Crippen LogP contribution in [0.2, 0.25) is 0 Å². The van der Waals surface area contributed by atoms with Gasteiger partial charge < -0.3 is 9.97 Å². The minimum atomic E-state index is -0.990. The Morgan fingerprint density at radius 1 is 1.10 bits per heavy atom. The van der Waals surface area contributed by atoms with Crippen LogP contribution in [0.25, 0.3) is 21.9 Å². The molecule has 2 atom stereocenters. The maximum Gasteiger partial charge on any atom is 0.295 e. The molecule has 2 aromatic heterocycles. The highest BCUT2D eigenvalue weighted by molar-refractivity contribution is 6.48. The zero-order chi connectivity index (χ0) is 21.3. The van der Waals surface area contributed by atoms with E-state index in [-0.39, 0.29) is 11.7 Å². The number of carbonyl (C=O) groups is 3. The first-order chi connectivity index (χ1) is 15.0. The molecule has 2 aromatic carbocycles. The van der Waals surface area contributed by atoms with Crippen LogP contribution in [0, 0.1) is 18.8 Å². The van der Waals surface area contributed by atoms with E-state index in [0.717, 1.165) is 46.0 Å². The summed E-state index contributed by atoms with van der Waals surface area (Å²) in [6.45, 7) is 1.93. The Labute approximate surface area is 177 Å². The first-order valence-electron chi connectivity index (χ1n) is 10.5. The molecule has 4 aromatic rings. The number of H-pyrrole nitrogens is 2. The third-order valence-corrected chi connectivity index (χ3v) is 6.51. The highest BCUT2D eigenvalue weighted by Crippen LogP contribution is 2.47. The summed E-state index contributed by atoms with van der Waals surface area (Å²) in [6, 6.07) is 12.5. The predicted octanol–water partition coefficient (Wildman–Crippen LogP) is 3.60. The second-order valence-electron chi connectivity index (χ2n) is 8.45. The quantitative estimate of drug-likeness (QED) is 0.395. The number of aromatic amines is 2. The number of nitrogens with one attached hydrogen (secondary N) is 2. The SMILES string of the molecule is Cc1[nH]c2ccccc2c1C1C(C(=O)C2CC2)C(=O)C(=O)N1c1ccc2nc[nH]c2c1. The third kappa shape index (κ3) is 2.59. The number of fused-ring (bicyclic) bond motifs is 2. The van der Waals surface area contributed by atoms with Gasteiger partial charge in [-0.2, -0.15) is 0 Å². The summed E-state index contributed by atoms with van der Waals surface area (Å²) in [5.74, 6) is -2.47. The van der Waals surface area contributed by atoms with Crippen LogP contribution in [0.5, 0.6) is 0 Å². The average Bonchev–Trinajstić information content (AvgIpc) is 3.34. The van der Waals surface area contributed by atoms with Crippen LogP contribution in [-0.2, 0) is 14.4 Å². The molecule has 1 amide bonds. The summed E-state index contributed by atoms with van der Waals surface area (Å²) < 4.78 is 0. The van der Waals surface area contributed by atoms with E-state index in [4.69, 9.17) is 0 Å². The molecule has 7 nitrogen and oxygen atoms in total. The summed E-state index contributed by atoms with van der Waals surface area (Å²) in [5, 5.41) is 0.925. The number of aromatic nitrogens is 3. The minimum absolute atomic E-state index is 0.113. The van der Waals surface area contributed by atoms with Gasteiger partial charge >= 0.3 is 0 Å². The van der Waals surface area contributed by atoms with E-state index >= 15 is 0 Å². The molecule has 2 unspecified atom stereocenters. The van der Waals surface area contributed by atoms with Gasteiger partial charge in [-0.25, -0.2) is 4.98 Å². The lowest BCUT2D eigenvalue weighted by Gasteiger charge is -2.27. The number of hydrogen-bond acceptors (Lipinski definition) is 4. The lowest BCUT2D eigenvalue weighted by Crippen LogP contribution is -2.31. The van der Waals surface area contributed by atoms with E-state index in [1.54, 1.807) is 12.4 Å². The van der Waals surface area contributed by atoms with Gasteiger partial charge in [-0.05, 0) is 44.0 Å². The second-order valence-corrected chi connectivity index (χ2v) is 8.45. The van der Waals surface area contributed by atoms with Gasteiger partial charge in [0.1, 0.15) is 11.7 Å². The molecule has 3 heterocycles. The topological polar surface area (TPSA) is 98.9 Å². The van der Waals surface area contributed by atoms with Gasteiger partial charge in [-0.3, -0.25) is 19.3 Å². The molecule has 154 valence electrons. The molecule has 0 radical (unpaired) electrons. The molecule has 0 spiro atoms. The van der Waals surface area contributed by atoms with Crippen LogP contribution in [0.15, 0.2) is 48.8 Å². The van der Waals surface area contributed by atoms with Crippen molar-refractivity contribution in [3.8, 4) is 0 Å². The molecule has 1 aliphatic heterocycles. The van der Waals surface area contributed by atoms with Gasteiger partial charge in [0, 0.05) is 33.8 Å². The van der Waals surface area contributed by atoms with Crippen molar-refractivity contribution >= 4 is 45.1 Å². The van der Waals surface area contributed by atoms with Crippen LogP contribution in [0.1, 0.15) is 30.1 Å². The number of imidazole rings is 1. The van der Waals surface area contributed by atoms with E-state index < -0.39 is 23.7 Å². The molecule has 6 rings (SSSR count). The number of nitrogens with zero attached hydrogens (tertiary/aromatic N) is 2. The number of para-hydroxylation sites is 1. The molecule has 2 fully saturated rings. The fourth-order valence-electron chi connectivity index (χ4n) is 4.90. The Kier molecular flexibility index (Phi) is 3.72. The first kappa shape index (κ1) is 18.1. The summed E-state index contributed by atoms with van der Waals surface area (Å²) in [7, 11) is 0. The molecule has 1 aliphatic carbocycles. The number of benzene rings is 2. The zero-order valence-electron chi connectivity index (χ0n) is 16.9. The van der Waals surface area contributed by atoms with Crippen molar-refractivity contribution in [2.75, 3.05) is 4.90 Å². The number of ketones is 2. The van der Waals surface area contributed by atoms with E-state index in [9.17, 15) is 14.4 Å². The van der Waals surface area contributed by atoms with Crippen LogP contribution < -0.4 is 4.90 Å². The number of carbonyl (C=O) groups excluding carboxylic acids is 3. The van der Waals surface area contributed by atoms with E-state index in [1.807, 2.05) is 43.3 Å². The molecule has 2 N–H and O–H groups in total. The van der Waals surface area contributed by atoms with Gasteiger partial charge in [-0.15, -0.1) is 0 Å². The van der Waals surface area contributed by atoms with Gasteiger partial charge in [0.2, 0.25) is 5.78 Å². The molecule has 1 saturated heterocycles. The fourth-order valence-corrected chi connectivity index (χ4v) is 4.90. The summed E-state index contributed by atoms with van der Waals surface area (Å²) in [4.78, 5) is 51.9. The second kappa shape index (κ2) is 6.38. The number of anilines is 1. The van der Waals surface area contributed by atoms with Crippen molar-refractivity contribution < 1.29 is 14.4 Å². The number of Topliss-reactive ketones (excluding diaryl/α,β-unsaturated/α-hetero) is 2. The Balaban J connectivity index is 1.59. The van der Waals surface area contributed by atoms with Crippen molar-refractivity contribution in [3.05, 3.63) is 60.0 Å². The average molecular weight is 412 g/mol. The van der Waals surface area contributed by atoms with Crippen LogP contribution in [-0.4, -0.2) is 32.4 Å². The normalized spacial score (nSPS) is 21.5. The Morgan fingerprint density at radius 2 is 1.90 bits per heavy atom. The number of aryl methyl sites for hydroxylation is 1. The van der Waals surface area contributed by atoms with Crippen LogP contribution in [0.4, 0.5) is 5.69 Å². The molecule has 7 heteroatoms. The van der Waals surface area contributed by atoms with Crippen molar-refractivity contribution in [3.63, 3.8) is 0 Å².